The van der Waals surface area contributed by atoms with E-state index in [1.807, 2.05) is 13.8 Å². The van der Waals surface area contributed by atoms with Gasteiger partial charge in [0.1, 0.15) is 11.5 Å². The van der Waals surface area contributed by atoms with Gasteiger partial charge in [0, 0.05) is 35.6 Å². The molecule has 0 N–H and O–H groups in total. The van der Waals surface area contributed by atoms with Gasteiger partial charge >= 0.3 is 0 Å². The SMILES string of the molecule is CCOc1ccc2c(c1)C(C)=CC(C)(C)N2Cc1ccc(CN2c3ccc(OCC)cc3C(C)=CC2(C)C)cc1. The lowest BCUT2D eigenvalue weighted by atomic mass is 9.88. The maximum atomic E-state index is 5.80. The molecule has 210 valence electrons. The number of anilines is 2. The van der Waals surface area contributed by atoms with Crippen molar-refractivity contribution in [3.05, 3.63) is 95.1 Å². The highest BCUT2D eigenvalue weighted by molar-refractivity contribution is 5.83. The van der Waals surface area contributed by atoms with Gasteiger partial charge in [0.25, 0.3) is 0 Å². The van der Waals surface area contributed by atoms with Crippen LogP contribution in [0.3, 0.4) is 0 Å². The van der Waals surface area contributed by atoms with Gasteiger partial charge in [-0.25, -0.2) is 0 Å². The van der Waals surface area contributed by atoms with Crippen LogP contribution in [0.2, 0.25) is 0 Å². The molecule has 5 rings (SSSR count). The fourth-order valence-corrected chi connectivity index (χ4v) is 6.33. The van der Waals surface area contributed by atoms with Crippen LogP contribution in [0.4, 0.5) is 11.4 Å². The molecule has 3 aromatic rings. The monoisotopic (exact) mass is 536 g/mol. The average Bonchev–Trinajstić information content (AvgIpc) is 2.90. The van der Waals surface area contributed by atoms with Gasteiger partial charge in [0.2, 0.25) is 0 Å². The number of ether oxygens (including phenoxy) is 2. The third-order valence-electron chi connectivity index (χ3n) is 8.22. The highest BCUT2D eigenvalue weighted by Crippen LogP contribution is 2.43. The molecule has 0 bridgehead atoms. The fourth-order valence-electron chi connectivity index (χ4n) is 6.33. The van der Waals surface area contributed by atoms with Gasteiger partial charge in [-0.3, -0.25) is 0 Å². The zero-order chi connectivity index (χ0) is 28.7. The van der Waals surface area contributed by atoms with Crippen LogP contribution >= 0.6 is 0 Å². The first-order valence-electron chi connectivity index (χ1n) is 14.6. The van der Waals surface area contributed by atoms with Gasteiger partial charge in [-0.1, -0.05) is 36.4 Å². The third kappa shape index (κ3) is 5.37. The Bertz CT molecular complexity index is 1340. The summed E-state index contributed by atoms with van der Waals surface area (Å²) in [5, 5.41) is 0. The van der Waals surface area contributed by atoms with E-state index < -0.39 is 0 Å². The molecule has 0 saturated heterocycles. The van der Waals surface area contributed by atoms with Crippen molar-refractivity contribution in [1.29, 1.82) is 0 Å². The zero-order valence-corrected chi connectivity index (χ0v) is 25.5. The average molecular weight is 537 g/mol. The van der Waals surface area contributed by atoms with Crippen molar-refractivity contribution >= 4 is 22.5 Å². The fraction of sp³-hybridized carbons (Fsp3) is 0.389. The van der Waals surface area contributed by atoms with Gasteiger partial charge in [-0.2, -0.15) is 0 Å². The summed E-state index contributed by atoms with van der Waals surface area (Å²) in [5.74, 6) is 1.86. The molecule has 0 unspecified atom stereocenters. The van der Waals surface area contributed by atoms with E-state index in [2.05, 4.69) is 124 Å². The predicted octanol–water partition coefficient (Wildman–Crippen LogP) is 8.89. The molecule has 3 aromatic carbocycles. The van der Waals surface area contributed by atoms with Crippen LogP contribution in [0.15, 0.2) is 72.8 Å². The van der Waals surface area contributed by atoms with Crippen LogP contribution in [0.5, 0.6) is 11.5 Å². The summed E-state index contributed by atoms with van der Waals surface area (Å²) in [5.41, 5.74) is 10.1. The Hall–Kier alpha value is -3.66. The lowest BCUT2D eigenvalue weighted by Crippen LogP contribution is -2.44. The van der Waals surface area contributed by atoms with Crippen LogP contribution < -0.4 is 19.3 Å². The quantitative estimate of drug-likeness (QED) is 0.287. The Morgan fingerprint density at radius 2 is 0.950 bits per heavy atom. The van der Waals surface area contributed by atoms with Crippen LogP contribution in [0, 0.1) is 0 Å². The van der Waals surface area contributed by atoms with Crippen molar-refractivity contribution in [1.82, 2.24) is 0 Å². The molecule has 2 aliphatic rings. The second kappa shape index (κ2) is 10.7. The van der Waals surface area contributed by atoms with Crippen LogP contribution in [0.1, 0.15) is 77.6 Å². The van der Waals surface area contributed by atoms with Crippen LogP contribution in [-0.4, -0.2) is 24.3 Å². The molecule has 0 atom stereocenters. The minimum absolute atomic E-state index is 0.0883. The summed E-state index contributed by atoms with van der Waals surface area (Å²) >= 11 is 0. The lowest BCUT2D eigenvalue weighted by molar-refractivity contribution is 0.340. The summed E-state index contributed by atoms with van der Waals surface area (Å²) in [7, 11) is 0. The number of fused-ring (bicyclic) bond motifs is 2. The Labute approximate surface area is 240 Å². The first-order valence-corrected chi connectivity index (χ1v) is 14.6. The van der Waals surface area contributed by atoms with E-state index in [1.54, 1.807) is 0 Å². The zero-order valence-electron chi connectivity index (χ0n) is 25.5. The predicted molar refractivity (Wildman–Crippen MR) is 169 cm³/mol. The number of hydrogen-bond donors (Lipinski definition) is 0. The van der Waals surface area contributed by atoms with E-state index in [1.165, 1.54) is 44.8 Å². The van der Waals surface area contributed by atoms with Gasteiger partial charge in [0.05, 0.1) is 24.3 Å². The minimum Gasteiger partial charge on any atom is -0.494 e. The number of benzene rings is 3. The molecule has 0 amide bonds. The van der Waals surface area contributed by atoms with Gasteiger partial charge in [-0.05, 0) is 114 Å². The van der Waals surface area contributed by atoms with E-state index in [4.69, 9.17) is 9.47 Å². The molecule has 0 saturated carbocycles. The molecule has 4 nitrogen and oxygen atoms in total. The molecule has 0 fully saturated rings. The molecule has 40 heavy (non-hydrogen) atoms. The Balaban J connectivity index is 1.38. The second-order valence-corrected chi connectivity index (χ2v) is 12.2. The Morgan fingerprint density at radius 3 is 1.30 bits per heavy atom. The number of allylic oxidation sites excluding steroid dienone is 2. The maximum absolute atomic E-state index is 5.80. The standard InChI is InChI=1S/C36H44N2O2/c1-9-39-29-15-17-33-31(19-29)25(3)21-35(5,6)37(33)23-27-11-13-28(14-12-27)24-38-34-18-16-30(40-10-2)20-32(34)26(4)22-36(38,7)8/h11-22H,9-10,23-24H2,1-8H3. The van der Waals surface area contributed by atoms with E-state index >= 15 is 0 Å². The van der Waals surface area contributed by atoms with Crippen molar-refractivity contribution in [3.8, 4) is 11.5 Å². The van der Waals surface area contributed by atoms with Gasteiger partial charge in [0.15, 0.2) is 0 Å². The van der Waals surface area contributed by atoms with Gasteiger partial charge < -0.3 is 19.3 Å². The van der Waals surface area contributed by atoms with E-state index in [9.17, 15) is 0 Å². The van der Waals surface area contributed by atoms with Crippen molar-refractivity contribution in [2.45, 2.75) is 79.6 Å². The Kier molecular flexibility index (Phi) is 7.48. The van der Waals surface area contributed by atoms with Crippen LogP contribution in [0.25, 0.3) is 11.1 Å². The molecule has 0 radical (unpaired) electrons. The summed E-state index contributed by atoms with van der Waals surface area (Å²) in [6.07, 6.45) is 4.75. The largest absolute Gasteiger partial charge is 0.494 e. The molecule has 4 heteroatoms. The number of hydrogen-bond acceptors (Lipinski definition) is 4. The maximum Gasteiger partial charge on any atom is 0.120 e. The summed E-state index contributed by atoms with van der Waals surface area (Å²) in [4.78, 5) is 5.02. The van der Waals surface area contributed by atoms with Gasteiger partial charge in [-0.15, -0.1) is 0 Å². The molecule has 0 aromatic heterocycles. The first-order chi connectivity index (χ1) is 19.0. The molecule has 2 aliphatic heterocycles. The lowest BCUT2D eigenvalue weighted by Gasteiger charge is -2.44. The van der Waals surface area contributed by atoms with Crippen molar-refractivity contribution < 1.29 is 9.47 Å². The molecular formula is C36H44N2O2. The summed E-state index contributed by atoms with van der Waals surface area (Å²) < 4.78 is 11.6. The molecule has 0 spiro atoms. The number of rotatable bonds is 8. The minimum atomic E-state index is -0.0883. The van der Waals surface area contributed by atoms with E-state index in [-0.39, 0.29) is 11.1 Å². The van der Waals surface area contributed by atoms with Crippen molar-refractivity contribution in [2.24, 2.45) is 0 Å². The summed E-state index contributed by atoms with van der Waals surface area (Å²) in [6.45, 7) is 20.7. The summed E-state index contributed by atoms with van der Waals surface area (Å²) in [6, 6.07) is 22.2. The second-order valence-electron chi connectivity index (χ2n) is 12.2. The Morgan fingerprint density at radius 1 is 0.575 bits per heavy atom. The highest BCUT2D eigenvalue weighted by Gasteiger charge is 2.33. The topological polar surface area (TPSA) is 24.9 Å². The van der Waals surface area contributed by atoms with Crippen LogP contribution in [-0.2, 0) is 13.1 Å². The highest BCUT2D eigenvalue weighted by atomic mass is 16.5. The van der Waals surface area contributed by atoms with Crippen molar-refractivity contribution in [3.63, 3.8) is 0 Å². The van der Waals surface area contributed by atoms with E-state index in [0.717, 1.165) is 24.6 Å². The normalized spacial score (nSPS) is 17.0. The van der Waals surface area contributed by atoms with Crippen molar-refractivity contribution in [2.75, 3.05) is 23.0 Å². The van der Waals surface area contributed by atoms with E-state index in [0.29, 0.717) is 13.2 Å². The third-order valence-corrected chi connectivity index (χ3v) is 8.22. The molecule has 0 aliphatic carbocycles. The molecular weight excluding hydrogens is 492 g/mol. The molecule has 2 heterocycles. The first kappa shape index (κ1) is 27.9. The number of nitrogens with zero attached hydrogens (tertiary/aromatic N) is 2. The smallest absolute Gasteiger partial charge is 0.120 e.